The van der Waals surface area contributed by atoms with Gasteiger partial charge in [0.05, 0.1) is 27.9 Å². The van der Waals surface area contributed by atoms with Crippen LogP contribution in [-0.2, 0) is 6.54 Å². The maximum atomic E-state index is 12.5. The summed E-state index contributed by atoms with van der Waals surface area (Å²) in [5.41, 5.74) is 2.79. The minimum absolute atomic E-state index is 0.201. The Hall–Kier alpha value is -4.53. The zero-order valence-electron chi connectivity index (χ0n) is 19.0. The zero-order valence-corrected chi connectivity index (χ0v) is 19.0. The number of hydrogen-bond acceptors (Lipinski definition) is 8. The first-order valence-electron chi connectivity index (χ1n) is 10.4. The van der Waals surface area contributed by atoms with Gasteiger partial charge in [-0.1, -0.05) is 5.16 Å². The molecule has 4 rings (SSSR count). The molecule has 0 radical (unpaired) electrons. The van der Waals surface area contributed by atoms with Crippen molar-refractivity contribution in [1.82, 2.24) is 10.1 Å². The molecule has 0 unspecified atom stereocenters. The van der Waals surface area contributed by atoms with Crippen molar-refractivity contribution in [3.63, 3.8) is 0 Å². The van der Waals surface area contributed by atoms with Crippen LogP contribution < -0.4 is 24.8 Å². The van der Waals surface area contributed by atoms with Gasteiger partial charge in [-0.05, 0) is 66.7 Å². The highest BCUT2D eigenvalue weighted by Crippen LogP contribution is 2.31. The predicted molar refractivity (Wildman–Crippen MR) is 128 cm³/mol. The average Bonchev–Trinajstić information content (AvgIpc) is 3.37. The monoisotopic (exact) mass is 460 g/mol. The van der Waals surface area contributed by atoms with E-state index in [1.807, 2.05) is 18.2 Å². The number of carbonyl (C=O) groups is 1. The molecule has 9 nitrogen and oxygen atoms in total. The molecule has 0 aliphatic heterocycles. The lowest BCUT2D eigenvalue weighted by Gasteiger charge is -2.08. The molecular weight excluding hydrogens is 436 g/mol. The Morgan fingerprint density at radius 2 is 1.56 bits per heavy atom. The molecule has 0 fully saturated rings. The molecule has 2 N–H and O–H groups in total. The van der Waals surface area contributed by atoms with Gasteiger partial charge in [0.1, 0.15) is 5.75 Å². The topological polar surface area (TPSA) is 108 Å². The quantitative estimate of drug-likeness (QED) is 0.372. The van der Waals surface area contributed by atoms with Crippen LogP contribution in [0.3, 0.4) is 0 Å². The third-order valence-corrected chi connectivity index (χ3v) is 5.05. The number of nitrogens with zero attached hydrogens (tertiary/aromatic N) is 2. The fourth-order valence-corrected chi connectivity index (χ4v) is 3.21. The van der Waals surface area contributed by atoms with Gasteiger partial charge in [-0.25, -0.2) is 0 Å². The molecule has 0 saturated carbocycles. The van der Waals surface area contributed by atoms with Gasteiger partial charge in [0.2, 0.25) is 11.7 Å². The normalized spacial score (nSPS) is 10.4. The standard InChI is InChI=1S/C25H24N4O5/c1-31-20-11-9-19(10-12-20)27-25(30)16-4-7-18(8-5-16)26-15-23-28-24(29-34-23)17-6-13-21(32-2)22(14-17)33-3/h4-14,26H,15H2,1-3H3,(H,27,30). The van der Waals surface area contributed by atoms with Crippen LogP contribution in [-0.4, -0.2) is 37.4 Å². The summed E-state index contributed by atoms with van der Waals surface area (Å²) in [6.45, 7) is 0.331. The van der Waals surface area contributed by atoms with Crippen LogP contribution in [0.4, 0.5) is 11.4 Å². The summed E-state index contributed by atoms with van der Waals surface area (Å²) < 4.78 is 21.0. The second-order valence-corrected chi connectivity index (χ2v) is 7.20. The fraction of sp³-hybridized carbons (Fsp3) is 0.160. The summed E-state index contributed by atoms with van der Waals surface area (Å²) in [5, 5.41) is 10.1. The molecular formula is C25H24N4O5. The van der Waals surface area contributed by atoms with Crippen LogP contribution >= 0.6 is 0 Å². The van der Waals surface area contributed by atoms with Gasteiger partial charge in [0.15, 0.2) is 11.5 Å². The third kappa shape index (κ3) is 5.26. The molecule has 1 heterocycles. The minimum Gasteiger partial charge on any atom is -0.497 e. The molecule has 0 spiro atoms. The van der Waals surface area contributed by atoms with E-state index >= 15 is 0 Å². The van der Waals surface area contributed by atoms with Crippen LogP contribution in [0.5, 0.6) is 17.2 Å². The van der Waals surface area contributed by atoms with E-state index in [4.69, 9.17) is 18.7 Å². The molecule has 0 saturated heterocycles. The summed E-state index contributed by atoms with van der Waals surface area (Å²) in [4.78, 5) is 16.9. The van der Waals surface area contributed by atoms with E-state index in [2.05, 4.69) is 20.8 Å². The van der Waals surface area contributed by atoms with Crippen LogP contribution in [0.1, 0.15) is 16.2 Å². The third-order valence-electron chi connectivity index (χ3n) is 5.05. The molecule has 4 aromatic rings. The molecule has 0 atom stereocenters. The van der Waals surface area contributed by atoms with Crippen LogP contribution in [0.25, 0.3) is 11.4 Å². The second-order valence-electron chi connectivity index (χ2n) is 7.20. The van der Waals surface area contributed by atoms with Crippen molar-refractivity contribution < 1.29 is 23.5 Å². The lowest BCUT2D eigenvalue weighted by Crippen LogP contribution is -2.11. The van der Waals surface area contributed by atoms with Crippen molar-refractivity contribution in [2.75, 3.05) is 32.0 Å². The van der Waals surface area contributed by atoms with Crippen LogP contribution in [0.15, 0.2) is 71.3 Å². The van der Waals surface area contributed by atoms with Gasteiger partial charge < -0.3 is 29.4 Å². The molecule has 0 aliphatic carbocycles. The highest BCUT2D eigenvalue weighted by atomic mass is 16.5. The summed E-state index contributed by atoms with van der Waals surface area (Å²) in [6, 6.07) is 19.7. The maximum absolute atomic E-state index is 12.5. The van der Waals surface area contributed by atoms with Gasteiger partial charge in [-0.2, -0.15) is 4.98 Å². The Balaban J connectivity index is 1.34. The van der Waals surface area contributed by atoms with E-state index in [9.17, 15) is 4.79 Å². The Morgan fingerprint density at radius 1 is 0.853 bits per heavy atom. The lowest BCUT2D eigenvalue weighted by atomic mass is 10.2. The van der Waals surface area contributed by atoms with E-state index in [-0.39, 0.29) is 5.91 Å². The molecule has 3 aromatic carbocycles. The number of benzene rings is 3. The molecule has 0 bridgehead atoms. The summed E-state index contributed by atoms with van der Waals surface area (Å²) >= 11 is 0. The molecule has 9 heteroatoms. The first-order chi connectivity index (χ1) is 16.6. The van der Waals surface area contributed by atoms with Crippen molar-refractivity contribution in [2.24, 2.45) is 0 Å². The highest BCUT2D eigenvalue weighted by molar-refractivity contribution is 6.04. The molecule has 0 aliphatic rings. The van der Waals surface area contributed by atoms with Crippen molar-refractivity contribution in [2.45, 2.75) is 6.54 Å². The molecule has 174 valence electrons. The van der Waals surface area contributed by atoms with E-state index in [1.54, 1.807) is 69.9 Å². The Kier molecular flexibility index (Phi) is 6.92. The van der Waals surface area contributed by atoms with Gasteiger partial charge >= 0.3 is 0 Å². The van der Waals surface area contributed by atoms with Crippen molar-refractivity contribution >= 4 is 17.3 Å². The van der Waals surface area contributed by atoms with E-state index in [0.29, 0.717) is 41.0 Å². The van der Waals surface area contributed by atoms with Gasteiger partial charge in [0, 0.05) is 22.5 Å². The van der Waals surface area contributed by atoms with Crippen LogP contribution in [0.2, 0.25) is 0 Å². The smallest absolute Gasteiger partial charge is 0.255 e. The largest absolute Gasteiger partial charge is 0.497 e. The summed E-state index contributed by atoms with van der Waals surface area (Å²) in [5.74, 6) is 2.60. The number of methoxy groups -OCH3 is 3. The van der Waals surface area contributed by atoms with Crippen LogP contribution in [0, 0.1) is 0 Å². The van der Waals surface area contributed by atoms with Crippen molar-refractivity contribution in [3.05, 3.63) is 78.2 Å². The number of carbonyl (C=O) groups excluding carboxylic acids is 1. The number of ether oxygens (including phenoxy) is 3. The first kappa shape index (κ1) is 22.7. The molecule has 1 aromatic heterocycles. The fourth-order valence-electron chi connectivity index (χ4n) is 3.21. The van der Waals surface area contributed by atoms with Gasteiger partial charge in [-0.15, -0.1) is 0 Å². The number of rotatable bonds is 9. The summed E-state index contributed by atoms with van der Waals surface area (Å²) in [7, 11) is 4.75. The number of amides is 1. The minimum atomic E-state index is -0.201. The van der Waals surface area contributed by atoms with Gasteiger partial charge in [-0.3, -0.25) is 4.79 Å². The van der Waals surface area contributed by atoms with E-state index in [1.165, 1.54) is 0 Å². The predicted octanol–water partition coefficient (Wildman–Crippen LogP) is 4.63. The summed E-state index contributed by atoms with van der Waals surface area (Å²) in [6.07, 6.45) is 0. The van der Waals surface area contributed by atoms with Gasteiger partial charge in [0.25, 0.3) is 5.91 Å². The molecule has 1 amide bonds. The van der Waals surface area contributed by atoms with Crippen molar-refractivity contribution in [1.29, 1.82) is 0 Å². The Morgan fingerprint density at radius 3 is 2.24 bits per heavy atom. The maximum Gasteiger partial charge on any atom is 0.255 e. The number of aromatic nitrogens is 2. The van der Waals surface area contributed by atoms with Crippen molar-refractivity contribution in [3.8, 4) is 28.6 Å². The average molecular weight is 460 g/mol. The van der Waals surface area contributed by atoms with E-state index < -0.39 is 0 Å². The highest BCUT2D eigenvalue weighted by Gasteiger charge is 2.12. The molecule has 34 heavy (non-hydrogen) atoms. The first-order valence-corrected chi connectivity index (χ1v) is 10.4. The SMILES string of the molecule is COc1ccc(NC(=O)c2ccc(NCc3nc(-c4ccc(OC)c(OC)c4)no3)cc2)cc1. The Bertz CT molecular complexity index is 1250. The number of anilines is 2. The second kappa shape index (κ2) is 10.4. The lowest BCUT2D eigenvalue weighted by molar-refractivity contribution is 0.102. The van der Waals surface area contributed by atoms with E-state index in [0.717, 1.165) is 17.0 Å². The Labute approximate surface area is 196 Å². The zero-order chi connectivity index (χ0) is 23.9. The number of hydrogen-bond donors (Lipinski definition) is 2. The number of nitrogens with one attached hydrogen (secondary N) is 2.